The third kappa shape index (κ3) is 4.15. The predicted molar refractivity (Wildman–Crippen MR) is 110 cm³/mol. The number of ether oxygens (including phenoxy) is 1. The summed E-state index contributed by atoms with van der Waals surface area (Å²) in [5.74, 6) is 1.01. The SMILES string of the molecule is COc1ccc(Cl)cc1-c1nc(SC(C)C(=O)Nc2c(C)nn(C)c2C)n[nH]1. The minimum absolute atomic E-state index is 0.143. The Kier molecular flexibility index (Phi) is 5.95. The maximum atomic E-state index is 12.6. The standard InChI is InChI=1S/C18H21ClN6O2S/c1-9-15(10(2)25(4)24-9)20-17(26)11(3)28-18-21-16(22-23-18)13-8-12(19)6-7-14(13)27-5/h6-8,11H,1-5H3,(H,20,26)(H,21,22,23). The molecule has 0 spiro atoms. The van der Waals surface area contributed by atoms with Crippen LogP contribution in [0.2, 0.25) is 5.02 Å². The molecule has 0 radical (unpaired) electrons. The number of halogens is 1. The van der Waals surface area contributed by atoms with E-state index < -0.39 is 5.25 Å². The van der Waals surface area contributed by atoms with Crippen molar-refractivity contribution in [3.05, 3.63) is 34.6 Å². The first kappa shape index (κ1) is 20.2. The van der Waals surface area contributed by atoms with Gasteiger partial charge in [-0.05, 0) is 39.0 Å². The average molecular weight is 421 g/mol. The number of aromatic amines is 1. The van der Waals surface area contributed by atoms with Gasteiger partial charge in [0.05, 0.1) is 35.0 Å². The van der Waals surface area contributed by atoms with Gasteiger partial charge < -0.3 is 10.1 Å². The Labute approximate surface area is 172 Å². The number of carbonyl (C=O) groups is 1. The van der Waals surface area contributed by atoms with Crippen LogP contribution in [0.25, 0.3) is 11.4 Å². The minimum Gasteiger partial charge on any atom is -0.496 e. The monoisotopic (exact) mass is 420 g/mol. The van der Waals surface area contributed by atoms with Crippen molar-refractivity contribution in [1.82, 2.24) is 25.0 Å². The highest BCUT2D eigenvalue weighted by Crippen LogP contribution is 2.32. The molecule has 0 bridgehead atoms. The third-order valence-corrected chi connectivity index (χ3v) is 5.49. The smallest absolute Gasteiger partial charge is 0.237 e. The van der Waals surface area contributed by atoms with Crippen LogP contribution >= 0.6 is 23.4 Å². The summed E-state index contributed by atoms with van der Waals surface area (Å²) >= 11 is 7.33. The second-order valence-electron chi connectivity index (χ2n) is 6.23. The second kappa shape index (κ2) is 8.24. The van der Waals surface area contributed by atoms with Crippen molar-refractivity contribution in [2.75, 3.05) is 12.4 Å². The van der Waals surface area contributed by atoms with Crippen molar-refractivity contribution >= 4 is 35.0 Å². The molecule has 3 aromatic rings. The molecule has 1 unspecified atom stereocenters. The number of methoxy groups -OCH3 is 1. The van der Waals surface area contributed by atoms with Crippen molar-refractivity contribution in [2.24, 2.45) is 7.05 Å². The van der Waals surface area contributed by atoms with Crippen LogP contribution in [0.3, 0.4) is 0 Å². The van der Waals surface area contributed by atoms with Crippen molar-refractivity contribution in [3.63, 3.8) is 0 Å². The number of nitrogens with zero attached hydrogens (tertiary/aromatic N) is 4. The van der Waals surface area contributed by atoms with Crippen LogP contribution in [0.4, 0.5) is 5.69 Å². The van der Waals surface area contributed by atoms with Gasteiger partial charge in [0.1, 0.15) is 5.75 Å². The quantitative estimate of drug-likeness (QED) is 0.591. The molecule has 2 N–H and O–H groups in total. The van der Waals surface area contributed by atoms with Crippen LogP contribution in [0.1, 0.15) is 18.3 Å². The fourth-order valence-corrected chi connectivity index (χ4v) is 3.57. The van der Waals surface area contributed by atoms with Gasteiger partial charge in [-0.2, -0.15) is 5.10 Å². The Balaban J connectivity index is 1.73. The Morgan fingerprint density at radius 3 is 2.79 bits per heavy atom. The average Bonchev–Trinajstić information content (AvgIpc) is 3.21. The highest BCUT2D eigenvalue weighted by molar-refractivity contribution is 8.00. The van der Waals surface area contributed by atoms with Crippen LogP contribution in [0, 0.1) is 13.8 Å². The molecule has 0 aliphatic heterocycles. The van der Waals surface area contributed by atoms with E-state index in [9.17, 15) is 4.79 Å². The van der Waals surface area contributed by atoms with E-state index in [1.165, 1.54) is 11.8 Å². The van der Waals surface area contributed by atoms with Gasteiger partial charge in [-0.3, -0.25) is 14.6 Å². The van der Waals surface area contributed by atoms with Gasteiger partial charge in [-0.15, -0.1) is 5.10 Å². The lowest BCUT2D eigenvalue weighted by atomic mass is 10.2. The lowest BCUT2D eigenvalue weighted by Gasteiger charge is -2.10. The summed E-state index contributed by atoms with van der Waals surface area (Å²) in [4.78, 5) is 17.0. The summed E-state index contributed by atoms with van der Waals surface area (Å²) in [6.45, 7) is 5.57. The van der Waals surface area contributed by atoms with Gasteiger partial charge in [0.15, 0.2) is 5.82 Å². The summed E-state index contributed by atoms with van der Waals surface area (Å²) in [5.41, 5.74) is 3.11. The molecule has 28 heavy (non-hydrogen) atoms. The van der Waals surface area contributed by atoms with E-state index in [-0.39, 0.29) is 5.91 Å². The van der Waals surface area contributed by atoms with Gasteiger partial charge in [0, 0.05) is 12.1 Å². The highest BCUT2D eigenvalue weighted by Gasteiger charge is 2.21. The van der Waals surface area contributed by atoms with Crippen LogP contribution in [-0.2, 0) is 11.8 Å². The molecular weight excluding hydrogens is 400 g/mol. The van der Waals surface area contributed by atoms with Gasteiger partial charge in [0.25, 0.3) is 0 Å². The Hall–Kier alpha value is -2.52. The summed E-state index contributed by atoms with van der Waals surface area (Å²) in [6.07, 6.45) is 0. The molecule has 1 atom stereocenters. The maximum Gasteiger partial charge on any atom is 0.237 e. The molecule has 3 rings (SSSR count). The van der Waals surface area contributed by atoms with E-state index in [2.05, 4.69) is 25.6 Å². The fraction of sp³-hybridized carbons (Fsp3) is 0.333. The molecule has 8 nitrogen and oxygen atoms in total. The van der Waals surface area contributed by atoms with E-state index in [4.69, 9.17) is 16.3 Å². The number of aryl methyl sites for hydroxylation is 2. The van der Waals surface area contributed by atoms with E-state index in [0.29, 0.717) is 27.3 Å². The van der Waals surface area contributed by atoms with E-state index in [1.54, 1.807) is 36.9 Å². The highest BCUT2D eigenvalue weighted by atomic mass is 35.5. The number of aromatic nitrogens is 5. The summed E-state index contributed by atoms with van der Waals surface area (Å²) in [5, 5.41) is 14.9. The van der Waals surface area contributed by atoms with Crippen LogP contribution in [0.5, 0.6) is 5.75 Å². The summed E-state index contributed by atoms with van der Waals surface area (Å²) in [7, 11) is 3.42. The Morgan fingerprint density at radius 1 is 1.39 bits per heavy atom. The molecule has 1 amide bonds. The Morgan fingerprint density at radius 2 is 2.14 bits per heavy atom. The number of thioether (sulfide) groups is 1. The summed E-state index contributed by atoms with van der Waals surface area (Å²) < 4.78 is 7.09. The van der Waals surface area contributed by atoms with Gasteiger partial charge in [-0.25, -0.2) is 4.98 Å². The first-order chi connectivity index (χ1) is 13.3. The first-order valence-electron chi connectivity index (χ1n) is 8.54. The van der Waals surface area contributed by atoms with Crippen LogP contribution < -0.4 is 10.1 Å². The molecule has 0 fully saturated rings. The second-order valence-corrected chi connectivity index (χ2v) is 7.97. The van der Waals surface area contributed by atoms with Crippen molar-refractivity contribution in [1.29, 1.82) is 0 Å². The summed E-state index contributed by atoms with van der Waals surface area (Å²) in [6, 6.07) is 5.26. The number of rotatable bonds is 6. The minimum atomic E-state index is -0.399. The lowest BCUT2D eigenvalue weighted by molar-refractivity contribution is -0.115. The van der Waals surface area contributed by atoms with Crippen LogP contribution in [-0.4, -0.2) is 43.2 Å². The number of H-pyrrole nitrogens is 1. The largest absolute Gasteiger partial charge is 0.496 e. The number of benzene rings is 1. The topological polar surface area (TPSA) is 97.7 Å². The molecule has 0 aliphatic carbocycles. The Bertz CT molecular complexity index is 1020. The van der Waals surface area contributed by atoms with Gasteiger partial charge >= 0.3 is 0 Å². The number of hydrogen-bond donors (Lipinski definition) is 2. The fourth-order valence-electron chi connectivity index (χ4n) is 2.68. The molecule has 148 valence electrons. The zero-order valence-electron chi connectivity index (χ0n) is 16.2. The predicted octanol–water partition coefficient (Wildman–Crippen LogP) is 3.60. The van der Waals surface area contributed by atoms with E-state index in [0.717, 1.165) is 17.1 Å². The number of anilines is 1. The number of hydrogen-bond acceptors (Lipinski definition) is 6. The van der Waals surface area contributed by atoms with Crippen molar-refractivity contribution in [3.8, 4) is 17.1 Å². The zero-order valence-corrected chi connectivity index (χ0v) is 17.8. The lowest BCUT2D eigenvalue weighted by Crippen LogP contribution is -2.23. The molecular formula is C18H21ClN6O2S. The van der Waals surface area contributed by atoms with Crippen molar-refractivity contribution in [2.45, 2.75) is 31.2 Å². The van der Waals surface area contributed by atoms with Crippen molar-refractivity contribution < 1.29 is 9.53 Å². The zero-order chi connectivity index (χ0) is 20.4. The first-order valence-corrected chi connectivity index (χ1v) is 9.80. The van der Waals surface area contributed by atoms with E-state index in [1.807, 2.05) is 20.9 Å². The molecule has 10 heteroatoms. The molecule has 2 heterocycles. The van der Waals surface area contributed by atoms with Crippen LogP contribution in [0.15, 0.2) is 23.4 Å². The number of carbonyl (C=O) groups excluding carboxylic acids is 1. The van der Waals surface area contributed by atoms with Gasteiger partial charge in [-0.1, -0.05) is 23.4 Å². The molecule has 0 saturated carbocycles. The van der Waals surface area contributed by atoms with Gasteiger partial charge in [0.2, 0.25) is 11.1 Å². The normalized spacial score (nSPS) is 12.1. The maximum absolute atomic E-state index is 12.6. The van der Waals surface area contributed by atoms with E-state index >= 15 is 0 Å². The molecule has 1 aromatic carbocycles. The number of nitrogens with one attached hydrogen (secondary N) is 2. The molecule has 0 aliphatic rings. The molecule has 2 aromatic heterocycles. The third-order valence-electron chi connectivity index (χ3n) is 4.29. The molecule has 0 saturated heterocycles. The number of amides is 1.